The van der Waals surface area contributed by atoms with Crippen LogP contribution in [0.4, 0.5) is 5.69 Å². The lowest BCUT2D eigenvalue weighted by atomic mass is 10.0. The zero-order valence-electron chi connectivity index (χ0n) is 20.5. The average molecular weight is 498 g/mol. The number of carbonyl (C=O) groups excluding carboxylic acids is 3. The van der Waals surface area contributed by atoms with Gasteiger partial charge in [0.1, 0.15) is 6.04 Å². The Morgan fingerprint density at radius 3 is 2.14 bits per heavy atom. The van der Waals surface area contributed by atoms with Crippen molar-refractivity contribution in [1.29, 1.82) is 0 Å². The summed E-state index contributed by atoms with van der Waals surface area (Å²) in [6.45, 7) is 8.59. The molecule has 0 fully saturated rings. The van der Waals surface area contributed by atoms with E-state index in [2.05, 4.69) is 0 Å². The van der Waals surface area contributed by atoms with Gasteiger partial charge < -0.3 is 4.90 Å². The maximum atomic E-state index is 13.8. The topological polar surface area (TPSA) is 95.1 Å². The van der Waals surface area contributed by atoms with Crippen LogP contribution in [0.25, 0.3) is 0 Å². The summed E-state index contributed by atoms with van der Waals surface area (Å²) >= 11 is 0. The molecule has 9 heteroatoms. The number of amides is 3. The van der Waals surface area contributed by atoms with Crippen molar-refractivity contribution in [2.24, 2.45) is 5.92 Å². The van der Waals surface area contributed by atoms with E-state index in [9.17, 15) is 22.8 Å². The second kappa shape index (κ2) is 9.54. The first-order valence-corrected chi connectivity index (χ1v) is 13.5. The molecule has 2 aliphatic heterocycles. The summed E-state index contributed by atoms with van der Waals surface area (Å²) in [7, 11) is -3.62. The summed E-state index contributed by atoms with van der Waals surface area (Å²) in [5, 5.41) is 0. The standard InChI is InChI=1S/C26H31N3O5S/c1-5-27(6-2)35(33,34)19-11-12-22-18(16-19)13-14-28(22)26(32)23(15-17(3)4)29-24(30)20-9-7-8-10-21(20)25(29)31/h7-12,16-17,23H,5-6,13-15H2,1-4H3/t23-/m0/s1. The third kappa shape index (κ3) is 4.27. The van der Waals surface area contributed by atoms with Crippen LogP contribution in [-0.4, -0.2) is 61.0 Å². The molecule has 3 amide bonds. The third-order valence-corrected chi connectivity index (χ3v) is 8.72. The van der Waals surface area contributed by atoms with Crippen molar-refractivity contribution in [3.8, 4) is 0 Å². The van der Waals surface area contributed by atoms with E-state index in [0.29, 0.717) is 49.3 Å². The minimum Gasteiger partial charge on any atom is -0.310 e. The van der Waals surface area contributed by atoms with Crippen molar-refractivity contribution in [2.75, 3.05) is 24.5 Å². The maximum Gasteiger partial charge on any atom is 0.262 e. The summed E-state index contributed by atoms with van der Waals surface area (Å²) < 4.78 is 27.3. The van der Waals surface area contributed by atoms with Crippen LogP contribution in [0, 0.1) is 5.92 Å². The zero-order chi connectivity index (χ0) is 25.5. The fourth-order valence-corrected chi connectivity index (χ4v) is 6.42. The molecule has 4 rings (SSSR count). The lowest BCUT2D eigenvalue weighted by molar-refractivity contribution is -0.122. The van der Waals surface area contributed by atoms with Gasteiger partial charge in [0.05, 0.1) is 16.0 Å². The molecule has 0 N–H and O–H groups in total. The monoisotopic (exact) mass is 497 g/mol. The number of imide groups is 1. The van der Waals surface area contributed by atoms with Crippen LogP contribution in [0.3, 0.4) is 0 Å². The molecule has 8 nitrogen and oxygen atoms in total. The number of carbonyl (C=O) groups is 3. The SMILES string of the molecule is CCN(CC)S(=O)(=O)c1ccc2c(c1)CCN2C(=O)[C@H](CC(C)C)N1C(=O)c2ccccc2C1=O. The van der Waals surface area contributed by atoms with Crippen LogP contribution in [0.5, 0.6) is 0 Å². The molecule has 2 heterocycles. The summed E-state index contributed by atoms with van der Waals surface area (Å²) in [5.41, 5.74) is 2.01. The van der Waals surface area contributed by atoms with Crippen molar-refractivity contribution in [1.82, 2.24) is 9.21 Å². The van der Waals surface area contributed by atoms with Gasteiger partial charge in [0.25, 0.3) is 11.8 Å². The van der Waals surface area contributed by atoms with Crippen molar-refractivity contribution < 1.29 is 22.8 Å². The number of sulfonamides is 1. The fourth-order valence-electron chi connectivity index (χ4n) is 4.91. The Hall–Kier alpha value is -3.04. The third-order valence-electron chi connectivity index (χ3n) is 6.67. The lowest BCUT2D eigenvalue weighted by Crippen LogP contribution is -2.51. The van der Waals surface area contributed by atoms with Crippen molar-refractivity contribution in [2.45, 2.75) is 51.5 Å². The van der Waals surface area contributed by atoms with Crippen LogP contribution < -0.4 is 4.90 Å². The van der Waals surface area contributed by atoms with Crippen LogP contribution in [0.1, 0.15) is 60.4 Å². The molecular weight excluding hydrogens is 466 g/mol. The highest BCUT2D eigenvalue weighted by molar-refractivity contribution is 7.89. The number of nitrogens with zero attached hydrogens (tertiary/aromatic N) is 3. The van der Waals surface area contributed by atoms with Gasteiger partial charge in [-0.1, -0.05) is 39.8 Å². The predicted octanol–water partition coefficient (Wildman–Crippen LogP) is 3.32. The first-order chi connectivity index (χ1) is 16.6. The number of hydrogen-bond donors (Lipinski definition) is 0. The Balaban J connectivity index is 1.66. The first kappa shape index (κ1) is 25.1. The van der Waals surface area contributed by atoms with Gasteiger partial charge in [0, 0.05) is 25.3 Å². The smallest absolute Gasteiger partial charge is 0.262 e. The fraction of sp³-hybridized carbons (Fsp3) is 0.423. The van der Waals surface area contributed by atoms with Gasteiger partial charge in [-0.25, -0.2) is 8.42 Å². The molecule has 1 atom stereocenters. The number of fused-ring (bicyclic) bond motifs is 2. The van der Waals surface area contributed by atoms with Crippen LogP contribution in [0.2, 0.25) is 0 Å². The molecule has 186 valence electrons. The number of benzene rings is 2. The molecule has 0 spiro atoms. The minimum atomic E-state index is -3.62. The highest BCUT2D eigenvalue weighted by Crippen LogP contribution is 2.34. The lowest BCUT2D eigenvalue weighted by Gasteiger charge is -2.30. The average Bonchev–Trinajstić information content (AvgIpc) is 3.36. The van der Waals surface area contributed by atoms with Gasteiger partial charge in [0.15, 0.2) is 0 Å². The second-order valence-electron chi connectivity index (χ2n) is 9.29. The summed E-state index contributed by atoms with van der Waals surface area (Å²) in [5.74, 6) is -1.17. The van der Waals surface area contributed by atoms with Crippen molar-refractivity contribution in [3.05, 3.63) is 59.2 Å². The molecule has 0 bridgehead atoms. The predicted molar refractivity (Wildman–Crippen MR) is 133 cm³/mol. The summed E-state index contributed by atoms with van der Waals surface area (Å²) in [6, 6.07) is 10.5. The van der Waals surface area contributed by atoms with E-state index in [4.69, 9.17) is 0 Å². The second-order valence-corrected chi connectivity index (χ2v) is 11.2. The molecular formula is C26H31N3O5S. The molecule has 0 saturated heterocycles. The van der Waals surface area contributed by atoms with E-state index in [1.165, 1.54) is 10.4 Å². The summed E-state index contributed by atoms with van der Waals surface area (Å²) in [6.07, 6.45) is 0.837. The molecule has 2 aromatic carbocycles. The number of rotatable bonds is 8. The van der Waals surface area contributed by atoms with Crippen LogP contribution >= 0.6 is 0 Å². The quantitative estimate of drug-likeness (QED) is 0.522. The minimum absolute atomic E-state index is 0.0666. The van der Waals surface area contributed by atoms with E-state index < -0.39 is 27.9 Å². The largest absolute Gasteiger partial charge is 0.310 e. The molecule has 35 heavy (non-hydrogen) atoms. The Morgan fingerprint density at radius 2 is 1.60 bits per heavy atom. The van der Waals surface area contributed by atoms with E-state index >= 15 is 0 Å². The Kier molecular flexibility index (Phi) is 6.83. The Morgan fingerprint density at radius 1 is 1.00 bits per heavy atom. The molecule has 0 saturated carbocycles. The van der Waals surface area contributed by atoms with Gasteiger partial charge in [-0.05, 0) is 54.7 Å². The molecule has 2 aromatic rings. The molecule has 0 unspecified atom stereocenters. The van der Waals surface area contributed by atoms with Gasteiger partial charge >= 0.3 is 0 Å². The van der Waals surface area contributed by atoms with Crippen LogP contribution in [-0.2, 0) is 21.2 Å². The molecule has 0 aliphatic carbocycles. The van der Waals surface area contributed by atoms with Gasteiger partial charge in [-0.15, -0.1) is 0 Å². The van der Waals surface area contributed by atoms with Gasteiger partial charge in [-0.2, -0.15) is 4.31 Å². The Labute approximate surface area is 206 Å². The normalized spacial score (nSPS) is 16.3. The van der Waals surface area contributed by atoms with Crippen LogP contribution in [0.15, 0.2) is 47.4 Å². The summed E-state index contributed by atoms with van der Waals surface area (Å²) in [4.78, 5) is 43.0. The van der Waals surface area contributed by atoms with E-state index in [-0.39, 0.29) is 16.7 Å². The molecule has 0 aromatic heterocycles. The highest BCUT2D eigenvalue weighted by Gasteiger charge is 2.45. The zero-order valence-corrected chi connectivity index (χ0v) is 21.3. The van der Waals surface area contributed by atoms with E-state index in [1.807, 2.05) is 13.8 Å². The van der Waals surface area contributed by atoms with Crippen molar-refractivity contribution >= 4 is 33.4 Å². The number of anilines is 1. The van der Waals surface area contributed by atoms with E-state index in [1.54, 1.807) is 55.1 Å². The van der Waals surface area contributed by atoms with Gasteiger partial charge in [0.2, 0.25) is 15.9 Å². The van der Waals surface area contributed by atoms with E-state index in [0.717, 1.165) is 10.5 Å². The van der Waals surface area contributed by atoms with Crippen molar-refractivity contribution in [3.63, 3.8) is 0 Å². The Bertz CT molecular complexity index is 1250. The molecule has 0 radical (unpaired) electrons. The maximum absolute atomic E-state index is 13.8. The first-order valence-electron chi connectivity index (χ1n) is 12.0. The highest BCUT2D eigenvalue weighted by atomic mass is 32.2. The van der Waals surface area contributed by atoms with Gasteiger partial charge in [-0.3, -0.25) is 19.3 Å². The number of hydrogen-bond acceptors (Lipinski definition) is 5. The molecule has 2 aliphatic rings.